The highest BCUT2D eigenvalue weighted by Gasteiger charge is 2.05. The number of nitrogens with zero attached hydrogens (tertiary/aromatic N) is 2. The SMILES string of the molecule is Cc1ccc(C#N)c(=O)n1CCOc1ccc(Br)cc1. The van der Waals surface area contributed by atoms with Gasteiger partial charge in [0.05, 0.1) is 6.54 Å². The van der Waals surface area contributed by atoms with E-state index in [-0.39, 0.29) is 11.1 Å². The third-order valence-corrected chi connectivity index (χ3v) is 3.44. The number of aryl methyl sites for hydroxylation is 1. The van der Waals surface area contributed by atoms with Crippen LogP contribution in [0.2, 0.25) is 0 Å². The van der Waals surface area contributed by atoms with Gasteiger partial charge in [-0.15, -0.1) is 0 Å². The average molecular weight is 333 g/mol. The Kier molecular flexibility index (Phi) is 4.59. The highest BCUT2D eigenvalue weighted by Crippen LogP contribution is 2.16. The fourth-order valence-corrected chi connectivity index (χ4v) is 2.08. The molecule has 0 aliphatic heterocycles. The molecule has 0 fully saturated rings. The van der Waals surface area contributed by atoms with E-state index >= 15 is 0 Å². The molecule has 1 aromatic heterocycles. The Balaban J connectivity index is 2.06. The zero-order chi connectivity index (χ0) is 14.5. The molecule has 2 aromatic rings. The minimum Gasteiger partial charge on any atom is -0.492 e. The van der Waals surface area contributed by atoms with Crippen molar-refractivity contribution in [2.24, 2.45) is 0 Å². The third-order valence-electron chi connectivity index (χ3n) is 2.91. The molecule has 5 heteroatoms. The van der Waals surface area contributed by atoms with Gasteiger partial charge in [-0.1, -0.05) is 15.9 Å². The van der Waals surface area contributed by atoms with Crippen molar-refractivity contribution in [3.05, 3.63) is 62.5 Å². The molecular weight excluding hydrogens is 320 g/mol. The van der Waals surface area contributed by atoms with E-state index < -0.39 is 0 Å². The van der Waals surface area contributed by atoms with Crippen molar-refractivity contribution in [1.29, 1.82) is 5.26 Å². The predicted octanol–water partition coefficient (Wildman–Crippen LogP) is 2.87. The molecule has 4 nitrogen and oxygen atoms in total. The molecule has 0 radical (unpaired) electrons. The molecule has 102 valence electrons. The minimum atomic E-state index is -0.271. The lowest BCUT2D eigenvalue weighted by Gasteiger charge is -2.11. The number of aromatic nitrogens is 1. The maximum absolute atomic E-state index is 12.0. The maximum atomic E-state index is 12.0. The zero-order valence-corrected chi connectivity index (χ0v) is 12.6. The molecule has 0 N–H and O–H groups in total. The van der Waals surface area contributed by atoms with Gasteiger partial charge in [-0.3, -0.25) is 4.79 Å². The second-order valence-electron chi connectivity index (χ2n) is 4.26. The van der Waals surface area contributed by atoms with Crippen LogP contribution in [0.3, 0.4) is 0 Å². The van der Waals surface area contributed by atoms with Crippen LogP contribution in [0.25, 0.3) is 0 Å². The van der Waals surface area contributed by atoms with Gasteiger partial charge in [-0.25, -0.2) is 0 Å². The first-order valence-corrected chi connectivity index (χ1v) is 6.90. The summed E-state index contributed by atoms with van der Waals surface area (Å²) in [5, 5.41) is 8.86. The Morgan fingerprint density at radius 3 is 2.60 bits per heavy atom. The van der Waals surface area contributed by atoms with E-state index in [4.69, 9.17) is 10.00 Å². The van der Waals surface area contributed by atoms with Crippen molar-refractivity contribution >= 4 is 15.9 Å². The summed E-state index contributed by atoms with van der Waals surface area (Å²) in [6.07, 6.45) is 0. The lowest BCUT2D eigenvalue weighted by Crippen LogP contribution is -2.26. The van der Waals surface area contributed by atoms with Crippen LogP contribution in [0.15, 0.2) is 45.7 Å². The van der Waals surface area contributed by atoms with Gasteiger partial charge in [0.1, 0.15) is 24.0 Å². The molecule has 2 rings (SSSR count). The Bertz CT molecular complexity index is 699. The van der Waals surface area contributed by atoms with E-state index in [1.54, 1.807) is 16.7 Å². The van der Waals surface area contributed by atoms with E-state index in [1.807, 2.05) is 37.3 Å². The summed E-state index contributed by atoms with van der Waals surface area (Å²) >= 11 is 3.35. The fourth-order valence-electron chi connectivity index (χ4n) is 1.82. The molecule has 1 aromatic carbocycles. The molecule has 0 amide bonds. The van der Waals surface area contributed by atoms with Crippen LogP contribution >= 0.6 is 15.9 Å². The van der Waals surface area contributed by atoms with Crippen LogP contribution in [0.4, 0.5) is 0 Å². The number of halogens is 1. The molecule has 20 heavy (non-hydrogen) atoms. The number of hydrogen-bond acceptors (Lipinski definition) is 3. The van der Waals surface area contributed by atoms with Crippen LogP contribution < -0.4 is 10.3 Å². The standard InChI is InChI=1S/C15H13BrN2O2/c1-11-2-3-12(10-17)15(19)18(11)8-9-20-14-6-4-13(16)5-7-14/h2-7H,8-9H2,1H3. The zero-order valence-electron chi connectivity index (χ0n) is 11.0. The fraction of sp³-hybridized carbons (Fsp3) is 0.200. The summed E-state index contributed by atoms with van der Waals surface area (Å²) in [5.41, 5.74) is 0.694. The van der Waals surface area contributed by atoms with Crippen LogP contribution in [-0.2, 0) is 6.54 Å². The van der Waals surface area contributed by atoms with Crippen molar-refractivity contribution in [2.45, 2.75) is 13.5 Å². The highest BCUT2D eigenvalue weighted by atomic mass is 79.9. The summed E-state index contributed by atoms with van der Waals surface area (Å²) in [5.74, 6) is 0.746. The largest absolute Gasteiger partial charge is 0.492 e. The molecule has 0 spiro atoms. The Labute approximate surface area is 125 Å². The summed E-state index contributed by atoms with van der Waals surface area (Å²) in [7, 11) is 0. The normalized spacial score (nSPS) is 10.1. The van der Waals surface area contributed by atoms with Crippen LogP contribution in [0, 0.1) is 18.3 Å². The van der Waals surface area contributed by atoms with E-state index in [9.17, 15) is 4.79 Å². The number of nitriles is 1. The smallest absolute Gasteiger partial charge is 0.268 e. The number of rotatable bonds is 4. The van der Waals surface area contributed by atoms with Crippen LogP contribution in [0.1, 0.15) is 11.3 Å². The molecular formula is C15H13BrN2O2. The van der Waals surface area contributed by atoms with E-state index in [1.165, 1.54) is 0 Å². The molecule has 0 atom stereocenters. The van der Waals surface area contributed by atoms with E-state index in [0.29, 0.717) is 13.2 Å². The first kappa shape index (κ1) is 14.4. The van der Waals surface area contributed by atoms with Gasteiger partial charge in [0.15, 0.2) is 0 Å². The van der Waals surface area contributed by atoms with Gasteiger partial charge in [-0.05, 0) is 43.3 Å². The lowest BCUT2D eigenvalue weighted by atomic mass is 10.2. The third kappa shape index (κ3) is 3.28. The molecule has 0 aliphatic carbocycles. The topological polar surface area (TPSA) is 55.0 Å². The van der Waals surface area contributed by atoms with E-state index in [2.05, 4.69) is 15.9 Å². The van der Waals surface area contributed by atoms with E-state index in [0.717, 1.165) is 15.9 Å². The second kappa shape index (κ2) is 6.40. The van der Waals surface area contributed by atoms with Crippen molar-refractivity contribution < 1.29 is 4.74 Å². The maximum Gasteiger partial charge on any atom is 0.268 e. The van der Waals surface area contributed by atoms with Gasteiger partial charge in [0.2, 0.25) is 0 Å². The van der Waals surface area contributed by atoms with Crippen LogP contribution in [0.5, 0.6) is 5.75 Å². The molecule has 0 unspecified atom stereocenters. The van der Waals surface area contributed by atoms with Gasteiger partial charge in [0, 0.05) is 10.2 Å². The van der Waals surface area contributed by atoms with Gasteiger partial charge >= 0.3 is 0 Å². The summed E-state index contributed by atoms with van der Waals surface area (Å²) in [6.45, 7) is 2.62. The van der Waals surface area contributed by atoms with Gasteiger partial charge in [0.25, 0.3) is 5.56 Å². The quantitative estimate of drug-likeness (QED) is 0.865. The van der Waals surface area contributed by atoms with Crippen molar-refractivity contribution in [3.8, 4) is 11.8 Å². The van der Waals surface area contributed by atoms with Gasteiger partial charge < -0.3 is 9.30 Å². The van der Waals surface area contributed by atoms with Crippen molar-refractivity contribution in [3.63, 3.8) is 0 Å². The summed E-state index contributed by atoms with van der Waals surface area (Å²) in [6, 6.07) is 12.7. The number of ether oxygens (including phenoxy) is 1. The van der Waals surface area contributed by atoms with Crippen molar-refractivity contribution in [2.75, 3.05) is 6.61 Å². The molecule has 0 saturated heterocycles. The Hall–Kier alpha value is -2.06. The lowest BCUT2D eigenvalue weighted by molar-refractivity contribution is 0.295. The highest BCUT2D eigenvalue weighted by molar-refractivity contribution is 9.10. The Morgan fingerprint density at radius 1 is 1.25 bits per heavy atom. The molecule has 0 aliphatic rings. The summed E-state index contributed by atoms with van der Waals surface area (Å²) in [4.78, 5) is 12.0. The monoisotopic (exact) mass is 332 g/mol. The number of hydrogen-bond donors (Lipinski definition) is 0. The predicted molar refractivity (Wildman–Crippen MR) is 79.8 cm³/mol. The van der Waals surface area contributed by atoms with Crippen LogP contribution in [-0.4, -0.2) is 11.2 Å². The number of benzene rings is 1. The average Bonchev–Trinajstić information content (AvgIpc) is 2.44. The first-order chi connectivity index (χ1) is 9.61. The van der Waals surface area contributed by atoms with Crippen molar-refractivity contribution in [1.82, 2.24) is 4.57 Å². The summed E-state index contributed by atoms with van der Waals surface area (Å²) < 4.78 is 8.12. The molecule has 1 heterocycles. The number of pyridine rings is 1. The first-order valence-electron chi connectivity index (χ1n) is 6.11. The minimum absolute atomic E-state index is 0.152. The van der Waals surface area contributed by atoms with Gasteiger partial charge in [-0.2, -0.15) is 5.26 Å². The Morgan fingerprint density at radius 2 is 1.95 bits per heavy atom. The molecule has 0 bridgehead atoms. The second-order valence-corrected chi connectivity index (χ2v) is 5.18. The molecule has 0 saturated carbocycles.